The number of hydrazone groups is 1. The van der Waals surface area contributed by atoms with Crippen molar-refractivity contribution in [1.29, 1.82) is 0 Å². The summed E-state index contributed by atoms with van der Waals surface area (Å²) in [5, 5.41) is 19.5. The Bertz CT molecular complexity index is 1200. The topological polar surface area (TPSA) is 87.0 Å². The van der Waals surface area contributed by atoms with E-state index >= 15 is 0 Å². The number of carbonyl (C=O) groups is 1. The monoisotopic (exact) mass is 516 g/mol. The Labute approximate surface area is 212 Å². The third-order valence-electron chi connectivity index (χ3n) is 6.13. The SMILES string of the molecule is CN1C=CCC(C(CC(=O)O)c2ccc(OCC3=NOC(C4=CC(C(F)(F)F)=CC=CC4)N3C)cc2)=N1. The van der Waals surface area contributed by atoms with Crippen LogP contribution in [0.5, 0.6) is 5.75 Å². The minimum absolute atomic E-state index is 0.0400. The first-order chi connectivity index (χ1) is 17.6. The molecule has 2 atom stereocenters. The minimum Gasteiger partial charge on any atom is -0.486 e. The van der Waals surface area contributed by atoms with Crippen molar-refractivity contribution in [3.8, 4) is 5.75 Å². The van der Waals surface area contributed by atoms with Gasteiger partial charge in [0.25, 0.3) is 0 Å². The van der Waals surface area contributed by atoms with Crippen LogP contribution in [0.3, 0.4) is 0 Å². The number of rotatable bonds is 8. The summed E-state index contributed by atoms with van der Waals surface area (Å²) in [4.78, 5) is 18.6. The quantitative estimate of drug-likeness (QED) is 0.534. The van der Waals surface area contributed by atoms with E-state index in [1.165, 1.54) is 6.08 Å². The number of amidine groups is 1. The van der Waals surface area contributed by atoms with Crippen LogP contribution < -0.4 is 4.74 Å². The maximum absolute atomic E-state index is 13.2. The van der Waals surface area contributed by atoms with Crippen molar-refractivity contribution in [3.05, 3.63) is 77.6 Å². The molecule has 0 radical (unpaired) electrons. The van der Waals surface area contributed by atoms with Crippen LogP contribution in [0.25, 0.3) is 0 Å². The largest absolute Gasteiger partial charge is 0.486 e. The molecular formula is C26H27F3N4O4. The number of benzene rings is 1. The van der Waals surface area contributed by atoms with Crippen LogP contribution in [-0.2, 0) is 9.63 Å². The highest BCUT2D eigenvalue weighted by molar-refractivity contribution is 5.95. The summed E-state index contributed by atoms with van der Waals surface area (Å²) in [6.45, 7) is 0.0400. The van der Waals surface area contributed by atoms with Gasteiger partial charge in [-0.3, -0.25) is 9.80 Å². The highest BCUT2D eigenvalue weighted by atomic mass is 19.4. The molecular weight excluding hydrogens is 489 g/mol. The van der Waals surface area contributed by atoms with E-state index in [2.05, 4.69) is 10.3 Å². The normalized spacial score (nSPS) is 20.4. The van der Waals surface area contributed by atoms with Gasteiger partial charge in [-0.15, -0.1) is 0 Å². The number of ether oxygens (including phenoxy) is 1. The van der Waals surface area contributed by atoms with Gasteiger partial charge in [0.05, 0.1) is 17.7 Å². The predicted molar refractivity (Wildman–Crippen MR) is 132 cm³/mol. The number of aliphatic carboxylic acids is 1. The Morgan fingerprint density at radius 1 is 1.22 bits per heavy atom. The summed E-state index contributed by atoms with van der Waals surface area (Å²) in [5.74, 6) is -0.343. The van der Waals surface area contributed by atoms with Crippen LogP contribution >= 0.6 is 0 Å². The summed E-state index contributed by atoms with van der Waals surface area (Å²) >= 11 is 0. The molecule has 11 heteroatoms. The molecule has 1 aromatic rings. The summed E-state index contributed by atoms with van der Waals surface area (Å²) in [5.41, 5.74) is 1.25. The Morgan fingerprint density at radius 3 is 2.65 bits per heavy atom. The fourth-order valence-electron chi connectivity index (χ4n) is 4.22. The maximum Gasteiger partial charge on any atom is 0.416 e. The number of hydrogen-bond donors (Lipinski definition) is 1. The third kappa shape index (κ3) is 6.41. The zero-order valence-electron chi connectivity index (χ0n) is 20.4. The highest BCUT2D eigenvalue weighted by Crippen LogP contribution is 2.32. The molecule has 1 aromatic carbocycles. The molecule has 0 fully saturated rings. The van der Waals surface area contributed by atoms with Gasteiger partial charge in [0.15, 0.2) is 5.84 Å². The van der Waals surface area contributed by atoms with Gasteiger partial charge in [0.2, 0.25) is 6.23 Å². The first-order valence-electron chi connectivity index (χ1n) is 11.6. The number of carboxylic acid groups (broad SMARTS) is 1. The van der Waals surface area contributed by atoms with Gasteiger partial charge in [0, 0.05) is 32.6 Å². The molecule has 1 aliphatic carbocycles. The third-order valence-corrected chi connectivity index (χ3v) is 6.13. The predicted octanol–water partition coefficient (Wildman–Crippen LogP) is 4.81. The van der Waals surface area contributed by atoms with Crippen molar-refractivity contribution in [3.63, 3.8) is 0 Å². The van der Waals surface area contributed by atoms with Crippen molar-refractivity contribution < 1.29 is 32.6 Å². The standard InChI is InChI=1S/C26H27F3N4O4/c1-32-13-5-8-22(30-32)21(15-24(34)35)17-9-11-20(12-10-17)36-16-23-31-37-25(33(23)2)18-6-3-4-7-19(14-18)26(27,28)29/h3-5,7,9-14,21,25H,6,8,15-16H2,1-2H3,(H,34,35). The van der Waals surface area contributed by atoms with Crippen molar-refractivity contribution in [2.24, 2.45) is 10.3 Å². The van der Waals surface area contributed by atoms with E-state index < -0.39 is 23.9 Å². The van der Waals surface area contributed by atoms with Gasteiger partial charge in [-0.05, 0) is 35.8 Å². The van der Waals surface area contributed by atoms with Crippen LogP contribution in [0, 0.1) is 0 Å². The first-order valence-corrected chi connectivity index (χ1v) is 11.6. The van der Waals surface area contributed by atoms with Crippen molar-refractivity contribution in [2.75, 3.05) is 20.7 Å². The molecule has 0 saturated carbocycles. The lowest BCUT2D eigenvalue weighted by Gasteiger charge is -2.23. The van der Waals surface area contributed by atoms with Gasteiger partial charge in [-0.2, -0.15) is 18.3 Å². The van der Waals surface area contributed by atoms with E-state index in [1.807, 2.05) is 12.3 Å². The molecule has 0 aromatic heterocycles. The molecule has 3 aliphatic rings. The zero-order chi connectivity index (χ0) is 26.6. The van der Waals surface area contributed by atoms with Crippen LogP contribution in [0.4, 0.5) is 13.2 Å². The first kappa shape index (κ1) is 26.1. The Hall–Kier alpha value is -4.02. The molecule has 37 heavy (non-hydrogen) atoms. The molecule has 2 unspecified atom stereocenters. The average Bonchev–Trinajstić information content (AvgIpc) is 3.04. The lowest BCUT2D eigenvalue weighted by Crippen LogP contribution is -2.36. The fraction of sp³-hybridized carbons (Fsp3) is 0.346. The van der Waals surface area contributed by atoms with Crippen LogP contribution in [0.1, 0.15) is 30.7 Å². The number of oxime groups is 1. The fourth-order valence-corrected chi connectivity index (χ4v) is 4.22. The number of likely N-dealkylation sites (N-methyl/N-ethyl adjacent to an activating group) is 1. The van der Waals surface area contributed by atoms with Gasteiger partial charge in [-0.25, -0.2) is 0 Å². The number of allylic oxidation sites excluding steroid dienone is 6. The van der Waals surface area contributed by atoms with Gasteiger partial charge < -0.3 is 19.6 Å². The van der Waals surface area contributed by atoms with Crippen LogP contribution in [0.2, 0.25) is 0 Å². The number of carboxylic acids is 1. The molecule has 0 saturated heterocycles. The van der Waals surface area contributed by atoms with Crippen LogP contribution in [-0.4, -0.2) is 65.6 Å². The van der Waals surface area contributed by atoms with Crippen LogP contribution in [0.15, 0.2) is 82.2 Å². The zero-order valence-corrected chi connectivity index (χ0v) is 20.4. The number of nitrogens with zero attached hydrogens (tertiary/aromatic N) is 4. The van der Waals surface area contributed by atoms with Crippen molar-refractivity contribution in [2.45, 2.75) is 37.6 Å². The molecule has 1 N–H and O–H groups in total. The van der Waals surface area contributed by atoms with Gasteiger partial charge in [-0.1, -0.05) is 41.6 Å². The number of alkyl halides is 3. The summed E-state index contributed by atoms with van der Waals surface area (Å²) in [6, 6.07) is 7.08. The molecule has 2 heterocycles. The number of hydrogen-bond acceptors (Lipinski definition) is 7. The van der Waals surface area contributed by atoms with E-state index in [0.29, 0.717) is 30.0 Å². The Balaban J connectivity index is 1.39. The summed E-state index contributed by atoms with van der Waals surface area (Å²) < 4.78 is 45.5. The smallest absolute Gasteiger partial charge is 0.416 e. The highest BCUT2D eigenvalue weighted by Gasteiger charge is 2.36. The van der Waals surface area contributed by atoms with E-state index in [0.717, 1.165) is 23.4 Å². The van der Waals surface area contributed by atoms with E-state index in [9.17, 15) is 23.1 Å². The lowest BCUT2D eigenvalue weighted by atomic mass is 9.89. The molecule has 0 bridgehead atoms. The molecule has 0 amide bonds. The lowest BCUT2D eigenvalue weighted by molar-refractivity contribution is -0.137. The average molecular weight is 517 g/mol. The van der Waals surface area contributed by atoms with Gasteiger partial charge >= 0.3 is 12.1 Å². The second kappa shape index (κ2) is 10.9. The molecule has 0 spiro atoms. The summed E-state index contributed by atoms with van der Waals surface area (Å²) in [7, 11) is 3.47. The molecule has 4 rings (SSSR count). The van der Waals surface area contributed by atoms with Crippen molar-refractivity contribution >= 4 is 17.5 Å². The van der Waals surface area contributed by atoms with E-state index in [4.69, 9.17) is 9.57 Å². The molecule has 196 valence electrons. The Morgan fingerprint density at radius 2 is 1.97 bits per heavy atom. The maximum atomic E-state index is 13.2. The van der Waals surface area contributed by atoms with E-state index in [1.54, 1.807) is 54.3 Å². The summed E-state index contributed by atoms with van der Waals surface area (Å²) in [6.07, 6.45) is 4.46. The number of halogens is 3. The second-order valence-electron chi connectivity index (χ2n) is 8.81. The molecule has 8 nitrogen and oxygen atoms in total. The van der Waals surface area contributed by atoms with E-state index in [-0.39, 0.29) is 18.9 Å². The van der Waals surface area contributed by atoms with Crippen molar-refractivity contribution in [1.82, 2.24) is 9.91 Å². The van der Waals surface area contributed by atoms with Gasteiger partial charge in [0.1, 0.15) is 12.4 Å². The molecule has 2 aliphatic heterocycles. The Kier molecular flexibility index (Phi) is 7.70. The minimum atomic E-state index is -4.46. The second-order valence-corrected chi connectivity index (χ2v) is 8.81.